The lowest BCUT2D eigenvalue weighted by molar-refractivity contribution is -0.116. The number of carbonyl (C=O) groups excluding carboxylic acids is 2. The fourth-order valence-electron chi connectivity index (χ4n) is 2.89. The van der Waals surface area contributed by atoms with Crippen LogP contribution in [-0.2, 0) is 11.2 Å². The van der Waals surface area contributed by atoms with Crippen molar-refractivity contribution in [3.05, 3.63) is 64.9 Å². The van der Waals surface area contributed by atoms with Gasteiger partial charge in [-0.05, 0) is 55.8 Å². The molecule has 0 fully saturated rings. The summed E-state index contributed by atoms with van der Waals surface area (Å²) in [4.78, 5) is 33.3. The molecule has 7 nitrogen and oxygen atoms in total. The Hall–Kier alpha value is -3.37. The van der Waals surface area contributed by atoms with E-state index in [1.54, 1.807) is 5.38 Å². The Morgan fingerprint density at radius 3 is 2.66 bits per heavy atom. The van der Waals surface area contributed by atoms with Crippen LogP contribution in [0.2, 0.25) is 0 Å². The summed E-state index contributed by atoms with van der Waals surface area (Å²) < 4.78 is 19.4. The molecule has 2 aromatic heterocycles. The normalized spacial score (nSPS) is 10.8. The molecule has 2 amide bonds. The van der Waals surface area contributed by atoms with Crippen molar-refractivity contribution in [1.29, 1.82) is 0 Å². The van der Waals surface area contributed by atoms with Gasteiger partial charge in [-0.15, -0.1) is 11.3 Å². The molecular weight excluding hydrogens is 451 g/mol. The van der Waals surface area contributed by atoms with E-state index in [2.05, 4.69) is 20.6 Å². The van der Waals surface area contributed by atoms with E-state index < -0.39 is 5.82 Å². The number of fused-ring (bicyclic) bond motifs is 1. The third kappa shape index (κ3) is 5.45. The number of hydrogen-bond donors (Lipinski definition) is 2. The first-order chi connectivity index (χ1) is 15.5. The number of carbonyl (C=O) groups is 2. The quantitative estimate of drug-likeness (QED) is 0.373. The van der Waals surface area contributed by atoms with E-state index in [1.165, 1.54) is 46.9 Å². The van der Waals surface area contributed by atoms with Gasteiger partial charge in [0, 0.05) is 17.4 Å². The van der Waals surface area contributed by atoms with Crippen LogP contribution in [0.5, 0.6) is 5.75 Å². The standard InChI is InChI=1S/C22H19FN4O3S2/c1-2-30-16-8-9-17-18(11-16)32-22(25-17)26-19(28)10-7-15-12-31-21(24-15)27-20(29)13-3-5-14(23)6-4-13/h3-6,8-9,11-12H,2,7,10H2,1H3,(H,24,27,29)(H,25,26,28). The van der Waals surface area contributed by atoms with Crippen molar-refractivity contribution in [3.8, 4) is 5.75 Å². The minimum atomic E-state index is -0.405. The van der Waals surface area contributed by atoms with Crippen molar-refractivity contribution in [2.75, 3.05) is 17.2 Å². The summed E-state index contributed by atoms with van der Waals surface area (Å²) in [5.74, 6) is -0.171. The molecule has 0 saturated carbocycles. The van der Waals surface area contributed by atoms with Crippen molar-refractivity contribution in [3.63, 3.8) is 0 Å². The molecule has 2 N–H and O–H groups in total. The third-order valence-electron chi connectivity index (χ3n) is 4.40. The maximum atomic E-state index is 13.0. The van der Waals surface area contributed by atoms with Gasteiger partial charge in [0.1, 0.15) is 11.6 Å². The molecule has 0 spiro atoms. The van der Waals surface area contributed by atoms with E-state index in [1.807, 2.05) is 25.1 Å². The fraction of sp³-hybridized carbons (Fsp3) is 0.182. The Kier molecular flexibility index (Phi) is 6.72. The molecule has 2 heterocycles. The van der Waals surface area contributed by atoms with Gasteiger partial charge in [0.2, 0.25) is 5.91 Å². The van der Waals surface area contributed by atoms with Crippen LogP contribution in [0.25, 0.3) is 10.2 Å². The smallest absolute Gasteiger partial charge is 0.257 e. The number of aromatic nitrogens is 2. The summed E-state index contributed by atoms with van der Waals surface area (Å²) in [5.41, 5.74) is 1.84. The lowest BCUT2D eigenvalue weighted by Crippen LogP contribution is -2.13. The zero-order valence-corrected chi connectivity index (χ0v) is 18.7. The number of benzene rings is 2. The molecule has 0 saturated heterocycles. The number of thiazole rings is 2. The molecule has 4 rings (SSSR count). The number of ether oxygens (including phenoxy) is 1. The predicted octanol–water partition coefficient (Wildman–Crippen LogP) is 5.11. The average molecular weight is 471 g/mol. The second kappa shape index (κ2) is 9.84. The van der Waals surface area contributed by atoms with Crippen LogP contribution in [0, 0.1) is 5.82 Å². The largest absolute Gasteiger partial charge is 0.494 e. The minimum absolute atomic E-state index is 0.168. The van der Waals surface area contributed by atoms with Crippen LogP contribution in [-0.4, -0.2) is 28.4 Å². The highest BCUT2D eigenvalue weighted by molar-refractivity contribution is 7.22. The second-order valence-corrected chi connectivity index (χ2v) is 8.62. The maximum Gasteiger partial charge on any atom is 0.257 e. The van der Waals surface area contributed by atoms with Crippen molar-refractivity contribution in [1.82, 2.24) is 9.97 Å². The summed E-state index contributed by atoms with van der Waals surface area (Å²) in [7, 11) is 0. The first-order valence-corrected chi connectivity index (χ1v) is 11.5. The molecule has 0 aliphatic heterocycles. The van der Waals surface area contributed by atoms with Gasteiger partial charge in [0.15, 0.2) is 10.3 Å². The van der Waals surface area contributed by atoms with Crippen LogP contribution < -0.4 is 15.4 Å². The van der Waals surface area contributed by atoms with Crippen LogP contribution in [0.15, 0.2) is 47.8 Å². The number of nitrogens with zero attached hydrogens (tertiary/aromatic N) is 2. The summed E-state index contributed by atoms with van der Waals surface area (Å²) in [5, 5.41) is 8.25. The van der Waals surface area contributed by atoms with Gasteiger partial charge in [0.25, 0.3) is 5.91 Å². The summed E-state index contributed by atoms with van der Waals surface area (Å²) in [6.07, 6.45) is 0.656. The van der Waals surface area contributed by atoms with Gasteiger partial charge in [-0.3, -0.25) is 14.9 Å². The molecule has 32 heavy (non-hydrogen) atoms. The molecule has 4 aromatic rings. The van der Waals surface area contributed by atoms with Gasteiger partial charge in [0.05, 0.1) is 22.5 Å². The van der Waals surface area contributed by atoms with Gasteiger partial charge in [-0.1, -0.05) is 11.3 Å². The highest BCUT2D eigenvalue weighted by Crippen LogP contribution is 2.29. The highest BCUT2D eigenvalue weighted by Gasteiger charge is 2.12. The SMILES string of the molecule is CCOc1ccc2nc(NC(=O)CCc3csc(NC(=O)c4ccc(F)cc4)n3)sc2c1. The zero-order valence-electron chi connectivity index (χ0n) is 17.1. The third-order valence-corrected chi connectivity index (χ3v) is 6.14. The molecule has 0 atom stereocenters. The van der Waals surface area contributed by atoms with Gasteiger partial charge in [-0.2, -0.15) is 0 Å². The highest BCUT2D eigenvalue weighted by atomic mass is 32.1. The molecule has 0 bridgehead atoms. The summed E-state index contributed by atoms with van der Waals surface area (Å²) in [6, 6.07) is 10.9. The first kappa shape index (κ1) is 21.8. The van der Waals surface area contributed by atoms with Crippen LogP contribution >= 0.6 is 22.7 Å². The Balaban J connectivity index is 1.30. The lowest BCUT2D eigenvalue weighted by Gasteiger charge is -2.01. The lowest BCUT2D eigenvalue weighted by atomic mass is 10.2. The van der Waals surface area contributed by atoms with Crippen LogP contribution in [0.1, 0.15) is 29.4 Å². The number of anilines is 2. The van der Waals surface area contributed by atoms with Crippen LogP contribution in [0.4, 0.5) is 14.7 Å². The molecule has 0 aliphatic rings. The van der Waals surface area contributed by atoms with Crippen molar-refractivity contribution in [2.45, 2.75) is 19.8 Å². The average Bonchev–Trinajstić information content (AvgIpc) is 3.38. The number of nitrogens with one attached hydrogen (secondary N) is 2. The van der Waals surface area contributed by atoms with Crippen molar-refractivity contribution >= 4 is 55.0 Å². The van der Waals surface area contributed by atoms with E-state index >= 15 is 0 Å². The van der Waals surface area contributed by atoms with E-state index in [0.29, 0.717) is 34.5 Å². The van der Waals surface area contributed by atoms with Crippen molar-refractivity contribution < 1.29 is 18.7 Å². The number of aryl methyl sites for hydroxylation is 1. The topological polar surface area (TPSA) is 93.2 Å². The number of hydrogen-bond acceptors (Lipinski definition) is 7. The van der Waals surface area contributed by atoms with Gasteiger partial charge in [-0.25, -0.2) is 14.4 Å². The predicted molar refractivity (Wildman–Crippen MR) is 124 cm³/mol. The number of amides is 2. The fourth-order valence-corrected chi connectivity index (χ4v) is 4.54. The first-order valence-electron chi connectivity index (χ1n) is 9.84. The van der Waals surface area contributed by atoms with Crippen LogP contribution in [0.3, 0.4) is 0 Å². The monoisotopic (exact) mass is 470 g/mol. The van der Waals surface area contributed by atoms with E-state index in [9.17, 15) is 14.0 Å². The Morgan fingerprint density at radius 2 is 1.88 bits per heavy atom. The molecule has 2 aromatic carbocycles. The second-order valence-electron chi connectivity index (χ2n) is 6.73. The number of rotatable bonds is 8. The minimum Gasteiger partial charge on any atom is -0.494 e. The Bertz CT molecular complexity index is 1250. The summed E-state index contributed by atoms with van der Waals surface area (Å²) >= 11 is 2.66. The van der Waals surface area contributed by atoms with E-state index in [0.717, 1.165) is 16.0 Å². The van der Waals surface area contributed by atoms with Crippen molar-refractivity contribution in [2.24, 2.45) is 0 Å². The molecular formula is C22H19FN4O3S2. The summed E-state index contributed by atoms with van der Waals surface area (Å²) in [6.45, 7) is 2.51. The maximum absolute atomic E-state index is 13.0. The van der Waals surface area contributed by atoms with Gasteiger partial charge >= 0.3 is 0 Å². The Labute approximate surface area is 191 Å². The molecule has 0 unspecified atom stereocenters. The zero-order chi connectivity index (χ0) is 22.5. The Morgan fingerprint density at radius 1 is 1.06 bits per heavy atom. The molecule has 164 valence electrons. The van der Waals surface area contributed by atoms with Gasteiger partial charge < -0.3 is 10.1 Å². The molecule has 0 radical (unpaired) electrons. The number of halogens is 1. The molecule has 10 heteroatoms. The molecule has 0 aliphatic carbocycles. The van der Waals surface area contributed by atoms with E-state index in [4.69, 9.17) is 4.74 Å². The van der Waals surface area contributed by atoms with E-state index in [-0.39, 0.29) is 18.2 Å².